The molecule has 1 unspecified atom stereocenters. The average Bonchev–Trinajstić information content (AvgIpc) is 2.38. The zero-order valence-electron chi connectivity index (χ0n) is 12.5. The fraction of sp³-hybridized carbons (Fsp3) is 1.00. The van der Waals surface area contributed by atoms with Crippen LogP contribution in [-0.2, 0) is 4.74 Å². The topological polar surface area (TPSA) is 38.5 Å². The molecule has 20 heavy (non-hydrogen) atoms. The highest BCUT2D eigenvalue weighted by atomic mass is 19.4. The van der Waals surface area contributed by atoms with Gasteiger partial charge in [-0.2, -0.15) is 13.2 Å². The summed E-state index contributed by atoms with van der Waals surface area (Å²) in [5.41, 5.74) is 5.46. The standard InChI is InChI=1S/C14H27F3N2O/c1-13(11-18,6-3-7-14(15,16)17)19(2)10-12-4-8-20-9-5-12/h12H,3-11,18H2,1-2H3. The molecule has 1 aliphatic rings. The van der Waals surface area contributed by atoms with Gasteiger partial charge in [-0.3, -0.25) is 4.90 Å². The van der Waals surface area contributed by atoms with Gasteiger partial charge < -0.3 is 10.5 Å². The predicted molar refractivity (Wildman–Crippen MR) is 73.5 cm³/mol. The third kappa shape index (κ3) is 5.97. The van der Waals surface area contributed by atoms with E-state index in [4.69, 9.17) is 10.5 Å². The third-order valence-corrected chi connectivity index (χ3v) is 4.41. The molecule has 0 amide bonds. The Kier molecular flexibility index (Phi) is 6.75. The van der Waals surface area contributed by atoms with Crippen molar-refractivity contribution in [3.63, 3.8) is 0 Å². The predicted octanol–water partition coefficient (Wildman–Crippen LogP) is 2.79. The second-order valence-corrected chi connectivity index (χ2v) is 6.11. The van der Waals surface area contributed by atoms with Crippen molar-refractivity contribution in [3.8, 4) is 0 Å². The van der Waals surface area contributed by atoms with E-state index in [1.807, 2.05) is 14.0 Å². The Hall–Kier alpha value is -0.330. The highest BCUT2D eigenvalue weighted by Gasteiger charge is 2.32. The Morgan fingerprint density at radius 2 is 1.80 bits per heavy atom. The second-order valence-electron chi connectivity index (χ2n) is 6.11. The molecule has 3 nitrogen and oxygen atoms in total. The number of nitrogens with two attached hydrogens (primary N) is 1. The largest absolute Gasteiger partial charge is 0.389 e. The first-order chi connectivity index (χ1) is 9.27. The Balaban J connectivity index is 2.44. The van der Waals surface area contributed by atoms with Gasteiger partial charge in [0.15, 0.2) is 0 Å². The summed E-state index contributed by atoms with van der Waals surface area (Å²) in [7, 11) is 1.97. The molecule has 120 valence electrons. The first-order valence-corrected chi connectivity index (χ1v) is 7.32. The van der Waals surface area contributed by atoms with E-state index in [9.17, 15) is 13.2 Å². The van der Waals surface area contributed by atoms with Gasteiger partial charge >= 0.3 is 6.18 Å². The maximum Gasteiger partial charge on any atom is 0.389 e. The molecule has 1 heterocycles. The lowest BCUT2D eigenvalue weighted by Gasteiger charge is -2.41. The van der Waals surface area contributed by atoms with E-state index in [0.29, 0.717) is 18.9 Å². The molecule has 0 aromatic heterocycles. The molecule has 1 fully saturated rings. The van der Waals surface area contributed by atoms with Gasteiger partial charge in [-0.05, 0) is 45.6 Å². The normalized spacial score (nSPS) is 21.1. The van der Waals surface area contributed by atoms with Crippen molar-refractivity contribution in [3.05, 3.63) is 0 Å². The van der Waals surface area contributed by atoms with Crippen LogP contribution in [0, 0.1) is 5.92 Å². The summed E-state index contributed by atoms with van der Waals surface area (Å²) < 4.78 is 42.1. The molecule has 0 aromatic carbocycles. The van der Waals surface area contributed by atoms with Crippen molar-refractivity contribution in [2.75, 3.05) is 33.4 Å². The lowest BCUT2D eigenvalue weighted by atomic mass is 9.90. The minimum atomic E-state index is -4.07. The molecule has 0 spiro atoms. The summed E-state index contributed by atoms with van der Waals surface area (Å²) in [5, 5.41) is 0. The van der Waals surface area contributed by atoms with E-state index >= 15 is 0 Å². The van der Waals surface area contributed by atoms with Crippen molar-refractivity contribution in [2.45, 2.75) is 50.7 Å². The molecule has 0 aromatic rings. The Morgan fingerprint density at radius 1 is 1.20 bits per heavy atom. The molecule has 1 rings (SSSR count). The monoisotopic (exact) mass is 296 g/mol. The molecule has 6 heteroatoms. The summed E-state index contributed by atoms with van der Waals surface area (Å²) in [4.78, 5) is 2.14. The SMILES string of the molecule is CN(CC1CCOCC1)C(C)(CN)CCCC(F)(F)F. The van der Waals surface area contributed by atoms with Crippen LogP contribution >= 0.6 is 0 Å². The zero-order chi connectivity index (χ0) is 15.2. The van der Waals surface area contributed by atoms with Crippen molar-refractivity contribution in [1.82, 2.24) is 4.90 Å². The molecule has 1 aliphatic heterocycles. The van der Waals surface area contributed by atoms with E-state index in [2.05, 4.69) is 4.90 Å². The molecule has 2 N–H and O–H groups in total. The molecule has 1 atom stereocenters. The van der Waals surface area contributed by atoms with Crippen LogP contribution in [0.1, 0.15) is 39.0 Å². The minimum Gasteiger partial charge on any atom is -0.381 e. The lowest BCUT2D eigenvalue weighted by molar-refractivity contribution is -0.136. The number of ether oxygens (including phenoxy) is 1. The van der Waals surface area contributed by atoms with E-state index in [1.165, 1.54) is 0 Å². The lowest BCUT2D eigenvalue weighted by Crippen LogP contribution is -2.51. The fourth-order valence-corrected chi connectivity index (χ4v) is 2.66. The number of nitrogens with zero attached hydrogens (tertiary/aromatic N) is 1. The summed E-state index contributed by atoms with van der Waals surface area (Å²) in [6.45, 7) is 4.79. The van der Waals surface area contributed by atoms with Crippen molar-refractivity contribution in [1.29, 1.82) is 0 Å². The highest BCUT2D eigenvalue weighted by Crippen LogP contribution is 2.28. The van der Waals surface area contributed by atoms with Gasteiger partial charge in [0.1, 0.15) is 0 Å². The van der Waals surface area contributed by atoms with Crippen LogP contribution in [-0.4, -0.2) is 50.0 Å². The number of rotatable bonds is 7. The quantitative estimate of drug-likeness (QED) is 0.785. The summed E-state index contributed by atoms with van der Waals surface area (Å²) in [5.74, 6) is 0.558. The molecular weight excluding hydrogens is 269 g/mol. The third-order valence-electron chi connectivity index (χ3n) is 4.41. The van der Waals surface area contributed by atoms with Crippen LogP contribution in [0.3, 0.4) is 0 Å². The number of hydrogen-bond donors (Lipinski definition) is 1. The minimum absolute atomic E-state index is 0.134. The average molecular weight is 296 g/mol. The number of hydrogen-bond acceptors (Lipinski definition) is 3. The van der Waals surface area contributed by atoms with Crippen molar-refractivity contribution in [2.24, 2.45) is 11.7 Å². The van der Waals surface area contributed by atoms with Crippen molar-refractivity contribution < 1.29 is 17.9 Å². The molecule has 0 saturated carbocycles. The van der Waals surface area contributed by atoms with E-state index in [1.54, 1.807) is 0 Å². The van der Waals surface area contributed by atoms with Gasteiger partial charge in [-0.25, -0.2) is 0 Å². The highest BCUT2D eigenvalue weighted by molar-refractivity contribution is 4.87. The maximum absolute atomic E-state index is 12.2. The van der Waals surface area contributed by atoms with Crippen LogP contribution < -0.4 is 5.73 Å². The molecule has 0 radical (unpaired) electrons. The van der Waals surface area contributed by atoms with Gasteiger partial charge in [-0.1, -0.05) is 0 Å². The van der Waals surface area contributed by atoms with E-state index < -0.39 is 12.6 Å². The molecule has 1 saturated heterocycles. The first-order valence-electron chi connectivity index (χ1n) is 7.32. The molecular formula is C14H27F3N2O. The van der Waals surface area contributed by atoms with Crippen LogP contribution in [0.15, 0.2) is 0 Å². The second kappa shape index (κ2) is 7.61. The van der Waals surface area contributed by atoms with Gasteiger partial charge in [0.05, 0.1) is 0 Å². The van der Waals surface area contributed by atoms with Gasteiger partial charge in [0.25, 0.3) is 0 Å². The fourth-order valence-electron chi connectivity index (χ4n) is 2.66. The first kappa shape index (κ1) is 17.7. The van der Waals surface area contributed by atoms with Crippen LogP contribution in [0.2, 0.25) is 0 Å². The Bertz CT molecular complexity index is 280. The zero-order valence-corrected chi connectivity index (χ0v) is 12.5. The summed E-state index contributed by atoms with van der Waals surface area (Å²) >= 11 is 0. The van der Waals surface area contributed by atoms with Gasteiger partial charge in [-0.15, -0.1) is 0 Å². The van der Waals surface area contributed by atoms with Gasteiger partial charge in [0.2, 0.25) is 0 Å². The van der Waals surface area contributed by atoms with E-state index in [-0.39, 0.29) is 12.0 Å². The van der Waals surface area contributed by atoms with Crippen LogP contribution in [0.4, 0.5) is 13.2 Å². The van der Waals surface area contributed by atoms with Crippen LogP contribution in [0.5, 0.6) is 0 Å². The Labute approximate surface area is 119 Å². The van der Waals surface area contributed by atoms with Gasteiger partial charge in [0, 0.05) is 38.3 Å². The summed E-state index contributed by atoms with van der Waals surface area (Å²) in [6.07, 6.45) is -2.15. The van der Waals surface area contributed by atoms with Crippen LogP contribution in [0.25, 0.3) is 0 Å². The smallest absolute Gasteiger partial charge is 0.381 e. The summed E-state index contributed by atoms with van der Waals surface area (Å²) in [6, 6.07) is 0. The number of likely N-dealkylation sites (N-methyl/N-ethyl adjacent to an activating group) is 1. The van der Waals surface area contributed by atoms with E-state index in [0.717, 1.165) is 32.6 Å². The number of alkyl halides is 3. The van der Waals surface area contributed by atoms with Crippen molar-refractivity contribution >= 4 is 0 Å². The Morgan fingerprint density at radius 3 is 2.30 bits per heavy atom. The molecule has 0 aliphatic carbocycles. The number of halogens is 3. The maximum atomic E-state index is 12.2. The molecule has 0 bridgehead atoms.